The van der Waals surface area contributed by atoms with E-state index in [0.29, 0.717) is 0 Å². The Morgan fingerprint density at radius 2 is 0.750 bits per heavy atom. The molecule has 0 amide bonds. The SMILES string of the molecule is CC1(C)c2ccccc2-c2ccc(-c3ccc(N(c4ccc(-c5cccc(-c6cccc7ccccc67)c5)cc4)c4ccc(-c5cc6ccccc6c6ccccc56)cc4)cc3)cc21. The standard InChI is InChI=1S/C63H45N/c1-63(2)61-24-10-9-22-58(61)59-38-31-47(41-62(59)63)43-27-34-51(35-28-43)64(52-36-29-45(30-37-52)60-40-49-14-4-6-19-55(49)56-20-7-8-21-57(56)60)50-32-25-42(26-33-50)46-16-11-17-48(39-46)54-23-12-15-44-13-3-5-18-53(44)54/h3-41H,1-2H3. The first-order valence-electron chi connectivity index (χ1n) is 22.3. The van der Waals surface area contributed by atoms with Crippen LogP contribution in [-0.4, -0.2) is 0 Å². The van der Waals surface area contributed by atoms with Crippen LogP contribution in [0.3, 0.4) is 0 Å². The Labute approximate surface area is 375 Å². The molecule has 1 aliphatic rings. The number of hydrogen-bond donors (Lipinski definition) is 0. The lowest BCUT2D eigenvalue weighted by molar-refractivity contribution is 0.660. The third-order valence-corrected chi connectivity index (χ3v) is 13.7. The molecule has 0 bridgehead atoms. The number of anilines is 3. The van der Waals surface area contributed by atoms with Crippen molar-refractivity contribution in [2.75, 3.05) is 4.90 Å². The summed E-state index contributed by atoms with van der Waals surface area (Å²) in [4.78, 5) is 2.38. The topological polar surface area (TPSA) is 3.24 Å². The fraction of sp³-hybridized carbons (Fsp3) is 0.0476. The van der Waals surface area contributed by atoms with E-state index in [-0.39, 0.29) is 5.41 Å². The van der Waals surface area contributed by atoms with Crippen LogP contribution in [0.4, 0.5) is 17.1 Å². The van der Waals surface area contributed by atoms with Gasteiger partial charge in [-0.2, -0.15) is 0 Å². The van der Waals surface area contributed by atoms with Crippen LogP contribution in [0.5, 0.6) is 0 Å². The van der Waals surface area contributed by atoms with E-state index in [4.69, 9.17) is 0 Å². The Morgan fingerprint density at radius 1 is 0.266 bits per heavy atom. The van der Waals surface area contributed by atoms with E-state index < -0.39 is 0 Å². The summed E-state index contributed by atoms with van der Waals surface area (Å²) in [7, 11) is 0. The van der Waals surface area contributed by atoms with Gasteiger partial charge in [-0.3, -0.25) is 0 Å². The highest BCUT2D eigenvalue weighted by Gasteiger charge is 2.35. The van der Waals surface area contributed by atoms with E-state index >= 15 is 0 Å². The van der Waals surface area contributed by atoms with Crippen molar-refractivity contribution in [1.29, 1.82) is 0 Å². The second-order valence-electron chi connectivity index (χ2n) is 17.7. The highest BCUT2D eigenvalue weighted by molar-refractivity contribution is 6.13. The molecule has 1 aliphatic carbocycles. The minimum atomic E-state index is -0.0482. The molecular formula is C63H45N. The molecule has 0 N–H and O–H groups in total. The van der Waals surface area contributed by atoms with Crippen molar-refractivity contribution in [3.8, 4) is 55.6 Å². The molecular weight excluding hydrogens is 771 g/mol. The lowest BCUT2D eigenvalue weighted by Gasteiger charge is -2.26. The van der Waals surface area contributed by atoms with E-state index in [0.717, 1.165) is 17.1 Å². The molecule has 0 aliphatic heterocycles. The van der Waals surface area contributed by atoms with Crippen LogP contribution >= 0.6 is 0 Å². The zero-order valence-electron chi connectivity index (χ0n) is 36.0. The molecule has 0 radical (unpaired) electrons. The maximum Gasteiger partial charge on any atom is 0.0462 e. The molecule has 0 unspecified atom stereocenters. The average Bonchev–Trinajstić information content (AvgIpc) is 3.59. The Morgan fingerprint density at radius 3 is 1.47 bits per heavy atom. The summed E-state index contributed by atoms with van der Waals surface area (Å²) in [5.41, 5.74) is 18.5. The van der Waals surface area contributed by atoms with Crippen LogP contribution in [0, 0.1) is 0 Å². The molecule has 0 saturated heterocycles. The summed E-state index contributed by atoms with van der Waals surface area (Å²) < 4.78 is 0. The molecule has 64 heavy (non-hydrogen) atoms. The van der Waals surface area contributed by atoms with Gasteiger partial charge in [0.05, 0.1) is 0 Å². The van der Waals surface area contributed by atoms with E-state index in [1.165, 1.54) is 99.1 Å². The molecule has 12 rings (SSSR count). The Bertz CT molecular complexity index is 3550. The molecule has 0 heterocycles. The molecule has 0 aromatic heterocycles. The molecule has 1 nitrogen and oxygen atoms in total. The first kappa shape index (κ1) is 37.7. The number of benzene rings is 11. The summed E-state index contributed by atoms with van der Waals surface area (Å²) in [6.45, 7) is 4.70. The van der Waals surface area contributed by atoms with Crippen molar-refractivity contribution in [3.63, 3.8) is 0 Å². The Kier molecular flexibility index (Phi) is 8.91. The third kappa shape index (κ3) is 6.31. The first-order valence-corrected chi connectivity index (χ1v) is 22.3. The monoisotopic (exact) mass is 815 g/mol. The molecule has 0 spiro atoms. The molecule has 1 heteroatoms. The molecule has 11 aromatic rings. The van der Waals surface area contributed by atoms with Gasteiger partial charge in [0.2, 0.25) is 0 Å². The van der Waals surface area contributed by atoms with E-state index in [1.807, 2.05) is 0 Å². The predicted octanol–water partition coefficient (Wildman–Crippen LogP) is 17.6. The second kappa shape index (κ2) is 15.1. The van der Waals surface area contributed by atoms with Crippen LogP contribution in [-0.2, 0) is 5.41 Å². The fourth-order valence-electron chi connectivity index (χ4n) is 10.4. The van der Waals surface area contributed by atoms with Crippen molar-refractivity contribution in [3.05, 3.63) is 248 Å². The number of hydrogen-bond acceptors (Lipinski definition) is 1. The van der Waals surface area contributed by atoms with Gasteiger partial charge in [0.25, 0.3) is 0 Å². The summed E-state index contributed by atoms with van der Waals surface area (Å²) >= 11 is 0. The van der Waals surface area contributed by atoms with Gasteiger partial charge >= 0.3 is 0 Å². The fourth-order valence-corrected chi connectivity index (χ4v) is 10.4. The van der Waals surface area contributed by atoms with Gasteiger partial charge in [-0.05, 0) is 154 Å². The normalized spacial score (nSPS) is 12.7. The summed E-state index contributed by atoms with van der Waals surface area (Å²) in [6.07, 6.45) is 0. The maximum atomic E-state index is 2.41. The van der Waals surface area contributed by atoms with Crippen molar-refractivity contribution >= 4 is 49.4 Å². The van der Waals surface area contributed by atoms with Gasteiger partial charge in [0, 0.05) is 22.5 Å². The minimum absolute atomic E-state index is 0.0482. The van der Waals surface area contributed by atoms with E-state index in [1.54, 1.807) is 0 Å². The average molecular weight is 816 g/mol. The van der Waals surface area contributed by atoms with Gasteiger partial charge in [0.15, 0.2) is 0 Å². The number of nitrogens with zero attached hydrogens (tertiary/aromatic N) is 1. The Hall–Kier alpha value is -8.00. The van der Waals surface area contributed by atoms with Gasteiger partial charge < -0.3 is 4.90 Å². The summed E-state index contributed by atoms with van der Waals surface area (Å²) in [5, 5.41) is 7.60. The van der Waals surface area contributed by atoms with Crippen molar-refractivity contribution in [2.45, 2.75) is 19.3 Å². The van der Waals surface area contributed by atoms with Crippen LogP contribution in [0.25, 0.3) is 88.0 Å². The molecule has 0 fully saturated rings. The van der Waals surface area contributed by atoms with Gasteiger partial charge in [-0.25, -0.2) is 0 Å². The van der Waals surface area contributed by atoms with Crippen LogP contribution < -0.4 is 4.90 Å². The predicted molar refractivity (Wildman–Crippen MR) is 273 cm³/mol. The highest BCUT2D eigenvalue weighted by Crippen LogP contribution is 2.50. The zero-order chi connectivity index (χ0) is 42.8. The van der Waals surface area contributed by atoms with Crippen molar-refractivity contribution in [1.82, 2.24) is 0 Å². The lowest BCUT2D eigenvalue weighted by atomic mass is 9.81. The van der Waals surface area contributed by atoms with E-state index in [2.05, 4.69) is 255 Å². The Balaban J connectivity index is 0.924. The van der Waals surface area contributed by atoms with Crippen LogP contribution in [0.15, 0.2) is 237 Å². The quantitative estimate of drug-likeness (QED) is 0.145. The first-order chi connectivity index (χ1) is 31.5. The van der Waals surface area contributed by atoms with E-state index in [9.17, 15) is 0 Å². The minimum Gasteiger partial charge on any atom is -0.311 e. The molecule has 302 valence electrons. The maximum absolute atomic E-state index is 2.41. The summed E-state index contributed by atoms with van der Waals surface area (Å²) in [5.74, 6) is 0. The molecule has 11 aromatic carbocycles. The van der Waals surface area contributed by atoms with Crippen molar-refractivity contribution in [2.24, 2.45) is 0 Å². The van der Waals surface area contributed by atoms with Crippen LogP contribution in [0.2, 0.25) is 0 Å². The third-order valence-electron chi connectivity index (χ3n) is 13.7. The van der Waals surface area contributed by atoms with Crippen molar-refractivity contribution < 1.29 is 0 Å². The molecule has 0 atom stereocenters. The zero-order valence-corrected chi connectivity index (χ0v) is 36.0. The number of rotatable bonds is 7. The van der Waals surface area contributed by atoms with Gasteiger partial charge in [-0.1, -0.05) is 196 Å². The van der Waals surface area contributed by atoms with Gasteiger partial charge in [0.1, 0.15) is 0 Å². The second-order valence-corrected chi connectivity index (χ2v) is 17.7. The van der Waals surface area contributed by atoms with Crippen LogP contribution in [0.1, 0.15) is 25.0 Å². The smallest absolute Gasteiger partial charge is 0.0462 e. The summed E-state index contributed by atoms with van der Waals surface area (Å²) in [6, 6.07) is 87.1. The largest absolute Gasteiger partial charge is 0.311 e. The lowest BCUT2D eigenvalue weighted by Crippen LogP contribution is -2.14. The highest BCUT2D eigenvalue weighted by atomic mass is 15.1. The van der Waals surface area contributed by atoms with Gasteiger partial charge in [-0.15, -0.1) is 0 Å². The number of fused-ring (bicyclic) bond motifs is 7. The molecule has 0 saturated carbocycles.